The second kappa shape index (κ2) is 5.32. The average molecular weight is 199 g/mol. The maximum absolute atomic E-state index is 11.5. The van der Waals surface area contributed by atoms with E-state index in [1.165, 1.54) is 6.42 Å². The highest BCUT2D eigenvalue weighted by Gasteiger charge is 2.25. The van der Waals surface area contributed by atoms with Crippen LogP contribution in [-0.2, 0) is 4.79 Å². The number of hydrogen-bond donors (Lipinski definition) is 1. The fourth-order valence-corrected chi connectivity index (χ4v) is 2.15. The first-order valence-corrected chi connectivity index (χ1v) is 5.37. The molecule has 0 aromatic heterocycles. The van der Waals surface area contributed by atoms with Gasteiger partial charge in [-0.2, -0.15) is 0 Å². The summed E-state index contributed by atoms with van der Waals surface area (Å²) in [5.41, 5.74) is 5.39. The number of amides is 1. The van der Waals surface area contributed by atoms with Crippen molar-refractivity contribution in [3.8, 4) is 0 Å². The number of nitrogens with two attached hydrogens (primary N) is 1. The topological polar surface area (TPSA) is 49.6 Å². The van der Waals surface area contributed by atoms with E-state index in [4.69, 9.17) is 5.73 Å². The van der Waals surface area contributed by atoms with Crippen molar-refractivity contribution < 1.29 is 4.79 Å². The average Bonchev–Trinajstić information content (AvgIpc) is 2.19. The van der Waals surface area contributed by atoms with Crippen molar-refractivity contribution in [2.45, 2.75) is 25.8 Å². The third-order valence-electron chi connectivity index (χ3n) is 2.88. The number of hydrogen-bond acceptors (Lipinski definition) is 3. The van der Waals surface area contributed by atoms with Crippen LogP contribution in [-0.4, -0.2) is 55.0 Å². The first kappa shape index (κ1) is 11.5. The van der Waals surface area contributed by atoms with E-state index in [9.17, 15) is 4.79 Å². The van der Waals surface area contributed by atoms with Crippen molar-refractivity contribution >= 4 is 5.91 Å². The Bertz CT molecular complexity index is 196. The fraction of sp³-hybridized carbons (Fsp3) is 0.900. The van der Waals surface area contributed by atoms with Crippen molar-refractivity contribution in [1.29, 1.82) is 0 Å². The van der Waals surface area contributed by atoms with Gasteiger partial charge in [-0.25, -0.2) is 0 Å². The van der Waals surface area contributed by atoms with Gasteiger partial charge in [0.1, 0.15) is 0 Å². The van der Waals surface area contributed by atoms with E-state index in [2.05, 4.69) is 11.9 Å². The molecular formula is C10H21N3O. The second-order valence-electron chi connectivity index (χ2n) is 3.94. The lowest BCUT2D eigenvalue weighted by Gasteiger charge is -2.37. The highest BCUT2D eigenvalue weighted by Crippen LogP contribution is 2.14. The molecular weight excluding hydrogens is 178 g/mol. The highest BCUT2D eigenvalue weighted by atomic mass is 16.2. The van der Waals surface area contributed by atoms with Crippen LogP contribution in [0.25, 0.3) is 0 Å². The molecule has 1 saturated heterocycles. The van der Waals surface area contributed by atoms with Crippen LogP contribution in [0.15, 0.2) is 0 Å². The molecule has 1 aliphatic heterocycles. The monoisotopic (exact) mass is 199 g/mol. The van der Waals surface area contributed by atoms with Crippen LogP contribution in [0.2, 0.25) is 0 Å². The Hall–Kier alpha value is -0.610. The molecule has 1 fully saturated rings. The van der Waals surface area contributed by atoms with Gasteiger partial charge in [0.05, 0.1) is 6.54 Å². The quantitative estimate of drug-likeness (QED) is 0.690. The smallest absolute Gasteiger partial charge is 0.236 e. The summed E-state index contributed by atoms with van der Waals surface area (Å²) < 4.78 is 0. The molecule has 1 atom stereocenters. The summed E-state index contributed by atoms with van der Waals surface area (Å²) in [5, 5.41) is 0. The summed E-state index contributed by atoms with van der Waals surface area (Å²) in [7, 11) is 2.10. The van der Waals surface area contributed by atoms with Crippen molar-refractivity contribution in [3.05, 3.63) is 0 Å². The largest absolute Gasteiger partial charge is 0.338 e. The fourth-order valence-electron chi connectivity index (χ4n) is 2.15. The van der Waals surface area contributed by atoms with Gasteiger partial charge in [0.15, 0.2) is 0 Å². The molecule has 0 aromatic rings. The van der Waals surface area contributed by atoms with Gasteiger partial charge >= 0.3 is 0 Å². The predicted octanol–water partition coefficient (Wildman–Crippen LogP) is -0.112. The van der Waals surface area contributed by atoms with Gasteiger partial charge in [0.2, 0.25) is 5.91 Å². The first-order chi connectivity index (χ1) is 6.69. The van der Waals surface area contributed by atoms with E-state index >= 15 is 0 Å². The Balaban J connectivity index is 2.54. The summed E-state index contributed by atoms with van der Waals surface area (Å²) >= 11 is 0. The number of likely N-dealkylation sites (N-methyl/N-ethyl adjacent to an activating group) is 2. The molecule has 0 aromatic carbocycles. The molecule has 0 radical (unpaired) electrons. The summed E-state index contributed by atoms with van der Waals surface area (Å²) in [4.78, 5) is 15.7. The van der Waals surface area contributed by atoms with E-state index < -0.39 is 0 Å². The Morgan fingerprint density at radius 1 is 1.64 bits per heavy atom. The molecule has 1 aliphatic rings. The molecule has 0 bridgehead atoms. The third-order valence-corrected chi connectivity index (χ3v) is 2.88. The van der Waals surface area contributed by atoms with Gasteiger partial charge in [0, 0.05) is 19.1 Å². The third kappa shape index (κ3) is 2.69. The van der Waals surface area contributed by atoms with Crippen LogP contribution in [0.1, 0.15) is 19.8 Å². The Morgan fingerprint density at radius 3 is 2.86 bits per heavy atom. The summed E-state index contributed by atoms with van der Waals surface area (Å²) in [6.45, 7) is 5.05. The summed E-state index contributed by atoms with van der Waals surface area (Å²) in [6, 6.07) is 0.370. The van der Waals surface area contributed by atoms with E-state index in [1.54, 1.807) is 0 Å². The van der Waals surface area contributed by atoms with Crippen LogP contribution in [0, 0.1) is 0 Å². The molecule has 1 heterocycles. The number of nitrogens with zero attached hydrogens (tertiary/aromatic N) is 2. The summed E-state index contributed by atoms with van der Waals surface area (Å²) in [5.74, 6) is 0.0767. The molecule has 1 rings (SSSR count). The number of likely N-dealkylation sites (tertiary alicyclic amines) is 1. The van der Waals surface area contributed by atoms with Crippen LogP contribution in [0.3, 0.4) is 0 Å². The van der Waals surface area contributed by atoms with Gasteiger partial charge in [0.25, 0.3) is 0 Å². The van der Waals surface area contributed by atoms with Crippen LogP contribution < -0.4 is 5.73 Å². The Labute approximate surface area is 86.0 Å². The van der Waals surface area contributed by atoms with Crippen LogP contribution >= 0.6 is 0 Å². The molecule has 0 aliphatic carbocycles. The Kier molecular flexibility index (Phi) is 4.35. The minimum absolute atomic E-state index is 0.0767. The SMILES string of the molecule is CCN(C(=O)CN)[C@H]1CCCN(C)C1. The number of carbonyl (C=O) groups is 1. The normalized spacial score (nSPS) is 23.5. The minimum atomic E-state index is 0.0767. The zero-order chi connectivity index (χ0) is 10.6. The van der Waals surface area contributed by atoms with Crippen molar-refractivity contribution in [3.63, 3.8) is 0 Å². The molecule has 4 heteroatoms. The number of rotatable bonds is 3. The van der Waals surface area contributed by atoms with Crippen molar-refractivity contribution in [1.82, 2.24) is 9.80 Å². The zero-order valence-electron chi connectivity index (χ0n) is 9.20. The van der Waals surface area contributed by atoms with Crippen molar-refractivity contribution in [2.75, 3.05) is 33.2 Å². The van der Waals surface area contributed by atoms with Gasteiger partial charge < -0.3 is 15.5 Å². The Morgan fingerprint density at radius 2 is 2.36 bits per heavy atom. The number of carbonyl (C=O) groups excluding carboxylic acids is 1. The van der Waals surface area contributed by atoms with E-state index in [1.807, 2.05) is 11.8 Å². The van der Waals surface area contributed by atoms with Crippen molar-refractivity contribution in [2.24, 2.45) is 5.73 Å². The minimum Gasteiger partial charge on any atom is -0.338 e. The molecule has 14 heavy (non-hydrogen) atoms. The van der Waals surface area contributed by atoms with Gasteiger partial charge in [-0.15, -0.1) is 0 Å². The molecule has 82 valence electrons. The van der Waals surface area contributed by atoms with E-state index in [0.717, 1.165) is 26.1 Å². The van der Waals surface area contributed by atoms with E-state index in [-0.39, 0.29) is 12.5 Å². The predicted molar refractivity (Wildman–Crippen MR) is 57.0 cm³/mol. The van der Waals surface area contributed by atoms with Crippen LogP contribution in [0.4, 0.5) is 0 Å². The lowest BCUT2D eigenvalue weighted by Crippen LogP contribution is -2.50. The molecule has 2 N–H and O–H groups in total. The molecule has 1 amide bonds. The van der Waals surface area contributed by atoms with E-state index in [0.29, 0.717) is 6.04 Å². The highest BCUT2D eigenvalue weighted by molar-refractivity contribution is 5.78. The number of piperidine rings is 1. The maximum atomic E-state index is 11.5. The first-order valence-electron chi connectivity index (χ1n) is 5.37. The maximum Gasteiger partial charge on any atom is 0.236 e. The van der Waals surface area contributed by atoms with Gasteiger partial charge in [-0.05, 0) is 33.4 Å². The molecule has 0 saturated carbocycles. The van der Waals surface area contributed by atoms with Crippen LogP contribution in [0.5, 0.6) is 0 Å². The van der Waals surface area contributed by atoms with Gasteiger partial charge in [-0.3, -0.25) is 4.79 Å². The zero-order valence-corrected chi connectivity index (χ0v) is 9.20. The second-order valence-corrected chi connectivity index (χ2v) is 3.94. The molecule has 0 unspecified atom stereocenters. The standard InChI is InChI=1S/C10H21N3O/c1-3-13(10(14)7-11)9-5-4-6-12(2)8-9/h9H,3-8,11H2,1-2H3/t9-/m0/s1. The van der Waals surface area contributed by atoms with Gasteiger partial charge in [-0.1, -0.05) is 0 Å². The summed E-state index contributed by atoms with van der Waals surface area (Å²) in [6.07, 6.45) is 2.29. The lowest BCUT2D eigenvalue weighted by atomic mass is 10.0. The molecule has 0 spiro atoms. The molecule has 4 nitrogen and oxygen atoms in total. The lowest BCUT2D eigenvalue weighted by molar-refractivity contribution is -0.132.